The Balaban J connectivity index is 1.90. The molecule has 0 aliphatic carbocycles. The van der Waals surface area contributed by atoms with E-state index < -0.39 is 0 Å². The lowest BCUT2D eigenvalue weighted by Crippen LogP contribution is -2.52. The molecule has 1 fully saturated rings. The molecule has 1 heterocycles. The van der Waals surface area contributed by atoms with Crippen LogP contribution < -0.4 is 10.6 Å². The minimum Gasteiger partial charge on any atom is -0.352 e. The molecule has 1 aromatic carbocycles. The van der Waals surface area contributed by atoms with Gasteiger partial charge in [0.15, 0.2) is 0 Å². The van der Waals surface area contributed by atoms with Gasteiger partial charge in [-0.05, 0) is 44.4 Å². The highest BCUT2D eigenvalue weighted by molar-refractivity contribution is 5.79. The van der Waals surface area contributed by atoms with Crippen LogP contribution in [0.4, 0.5) is 0 Å². The second-order valence-electron chi connectivity index (χ2n) is 5.16. The topological polar surface area (TPSA) is 41.1 Å². The number of piperidine rings is 1. The summed E-state index contributed by atoms with van der Waals surface area (Å²) in [5, 5.41) is 6.54. The van der Waals surface area contributed by atoms with Gasteiger partial charge in [0.05, 0.1) is 6.42 Å². The van der Waals surface area contributed by atoms with Gasteiger partial charge < -0.3 is 10.6 Å². The Hall–Kier alpha value is -1.35. The molecule has 2 rings (SSSR count). The minimum atomic E-state index is 0.129. The predicted octanol–water partition coefficient (Wildman–Crippen LogP) is 1.79. The Morgan fingerprint density at radius 3 is 2.94 bits per heavy atom. The van der Waals surface area contributed by atoms with Gasteiger partial charge in [0.1, 0.15) is 0 Å². The molecule has 18 heavy (non-hydrogen) atoms. The molecule has 0 saturated carbocycles. The van der Waals surface area contributed by atoms with Gasteiger partial charge in [-0.3, -0.25) is 4.79 Å². The maximum atomic E-state index is 12.0. The summed E-state index contributed by atoms with van der Waals surface area (Å²) in [4.78, 5) is 12.0. The lowest BCUT2D eigenvalue weighted by atomic mass is 9.99. The van der Waals surface area contributed by atoms with Gasteiger partial charge in [-0.25, -0.2) is 0 Å². The molecule has 98 valence electrons. The summed E-state index contributed by atoms with van der Waals surface area (Å²) in [6.07, 6.45) is 2.70. The van der Waals surface area contributed by atoms with E-state index in [0.29, 0.717) is 12.5 Å². The zero-order chi connectivity index (χ0) is 13.0. The monoisotopic (exact) mass is 246 g/mol. The van der Waals surface area contributed by atoms with Gasteiger partial charge >= 0.3 is 0 Å². The number of benzene rings is 1. The van der Waals surface area contributed by atoms with Crippen molar-refractivity contribution in [2.24, 2.45) is 0 Å². The zero-order valence-corrected chi connectivity index (χ0v) is 11.2. The fourth-order valence-corrected chi connectivity index (χ4v) is 2.48. The van der Waals surface area contributed by atoms with Crippen molar-refractivity contribution in [3.8, 4) is 0 Å². The van der Waals surface area contributed by atoms with Crippen LogP contribution >= 0.6 is 0 Å². The van der Waals surface area contributed by atoms with Crippen LogP contribution in [0.3, 0.4) is 0 Å². The van der Waals surface area contributed by atoms with Gasteiger partial charge in [0.2, 0.25) is 5.91 Å². The Labute approximate surface area is 109 Å². The molecule has 1 saturated heterocycles. The first kappa shape index (κ1) is 13.1. The predicted molar refractivity (Wildman–Crippen MR) is 73.5 cm³/mol. The van der Waals surface area contributed by atoms with Gasteiger partial charge in [0, 0.05) is 12.1 Å². The second kappa shape index (κ2) is 6.01. The van der Waals surface area contributed by atoms with Crippen molar-refractivity contribution in [1.82, 2.24) is 10.6 Å². The highest BCUT2D eigenvalue weighted by Crippen LogP contribution is 2.10. The smallest absolute Gasteiger partial charge is 0.224 e. The number of hydrogen-bond donors (Lipinski definition) is 2. The summed E-state index contributed by atoms with van der Waals surface area (Å²) in [7, 11) is 0. The van der Waals surface area contributed by atoms with Crippen LogP contribution in [0.2, 0.25) is 0 Å². The van der Waals surface area contributed by atoms with Crippen LogP contribution in [0.15, 0.2) is 24.3 Å². The standard InChI is InChI=1S/C15H22N2O/c1-11-6-3-4-7-13(11)10-15(18)17-14-8-5-9-16-12(14)2/h3-4,6-7,12,14,16H,5,8-10H2,1-2H3,(H,17,18)/t12-,14+/m0/s1. The number of carbonyl (C=O) groups is 1. The molecule has 1 aliphatic rings. The molecule has 3 nitrogen and oxygen atoms in total. The molecule has 0 radical (unpaired) electrons. The highest BCUT2D eigenvalue weighted by Gasteiger charge is 2.22. The normalized spacial score (nSPS) is 23.7. The molecular formula is C15H22N2O. The van der Waals surface area contributed by atoms with Crippen LogP contribution in [0, 0.1) is 6.92 Å². The molecule has 0 unspecified atom stereocenters. The first-order valence-corrected chi connectivity index (χ1v) is 6.74. The van der Waals surface area contributed by atoms with Crippen molar-refractivity contribution in [1.29, 1.82) is 0 Å². The van der Waals surface area contributed by atoms with Crippen LogP contribution in [0.25, 0.3) is 0 Å². The van der Waals surface area contributed by atoms with Crippen molar-refractivity contribution in [2.45, 2.75) is 45.2 Å². The third-order valence-corrected chi connectivity index (χ3v) is 3.72. The summed E-state index contributed by atoms with van der Waals surface area (Å²) < 4.78 is 0. The number of nitrogens with one attached hydrogen (secondary N) is 2. The van der Waals surface area contributed by atoms with E-state index in [1.165, 1.54) is 5.56 Å². The molecule has 0 spiro atoms. The molecule has 1 amide bonds. The third kappa shape index (κ3) is 3.33. The Morgan fingerprint density at radius 2 is 2.22 bits per heavy atom. The van der Waals surface area contributed by atoms with Crippen molar-refractivity contribution in [3.63, 3.8) is 0 Å². The van der Waals surface area contributed by atoms with Crippen molar-refractivity contribution in [2.75, 3.05) is 6.54 Å². The van der Waals surface area contributed by atoms with Gasteiger partial charge in [-0.15, -0.1) is 0 Å². The third-order valence-electron chi connectivity index (χ3n) is 3.72. The number of aryl methyl sites for hydroxylation is 1. The lowest BCUT2D eigenvalue weighted by molar-refractivity contribution is -0.121. The van der Waals surface area contributed by atoms with E-state index in [4.69, 9.17) is 0 Å². The summed E-state index contributed by atoms with van der Waals surface area (Å²) in [5.41, 5.74) is 2.30. The van der Waals surface area contributed by atoms with E-state index in [9.17, 15) is 4.79 Å². The quantitative estimate of drug-likeness (QED) is 0.854. The lowest BCUT2D eigenvalue weighted by Gasteiger charge is -2.30. The van der Waals surface area contributed by atoms with E-state index in [1.807, 2.05) is 31.2 Å². The van der Waals surface area contributed by atoms with Crippen LogP contribution in [0.1, 0.15) is 30.9 Å². The molecule has 0 aromatic heterocycles. The largest absolute Gasteiger partial charge is 0.352 e. The first-order chi connectivity index (χ1) is 8.66. The maximum Gasteiger partial charge on any atom is 0.224 e. The molecular weight excluding hydrogens is 224 g/mol. The van der Waals surface area contributed by atoms with E-state index in [1.54, 1.807) is 0 Å². The Morgan fingerprint density at radius 1 is 1.44 bits per heavy atom. The highest BCUT2D eigenvalue weighted by atomic mass is 16.1. The Kier molecular flexibility index (Phi) is 4.37. The van der Waals surface area contributed by atoms with E-state index >= 15 is 0 Å². The minimum absolute atomic E-state index is 0.129. The zero-order valence-electron chi connectivity index (χ0n) is 11.2. The maximum absolute atomic E-state index is 12.0. The van der Waals surface area contributed by atoms with E-state index in [0.717, 1.165) is 24.9 Å². The summed E-state index contributed by atoms with van der Waals surface area (Å²) in [6, 6.07) is 8.71. The number of carbonyl (C=O) groups excluding carboxylic acids is 1. The molecule has 0 bridgehead atoms. The van der Waals surface area contributed by atoms with Crippen LogP contribution in [0.5, 0.6) is 0 Å². The SMILES string of the molecule is Cc1ccccc1CC(=O)N[C@@H]1CCCN[C@H]1C. The molecule has 2 atom stereocenters. The molecule has 1 aromatic rings. The molecule has 3 heteroatoms. The summed E-state index contributed by atoms with van der Waals surface area (Å²) in [6.45, 7) is 5.25. The fourth-order valence-electron chi connectivity index (χ4n) is 2.48. The van der Waals surface area contributed by atoms with Crippen LogP contribution in [-0.2, 0) is 11.2 Å². The van der Waals surface area contributed by atoms with E-state index in [-0.39, 0.29) is 11.9 Å². The van der Waals surface area contributed by atoms with Crippen LogP contribution in [-0.4, -0.2) is 24.5 Å². The molecule has 1 aliphatic heterocycles. The van der Waals surface area contributed by atoms with Gasteiger partial charge in [-0.1, -0.05) is 24.3 Å². The Bertz CT molecular complexity index is 417. The average molecular weight is 246 g/mol. The molecule has 2 N–H and O–H groups in total. The van der Waals surface area contributed by atoms with Gasteiger partial charge in [0.25, 0.3) is 0 Å². The van der Waals surface area contributed by atoms with Crippen molar-refractivity contribution >= 4 is 5.91 Å². The number of hydrogen-bond acceptors (Lipinski definition) is 2. The van der Waals surface area contributed by atoms with E-state index in [2.05, 4.69) is 17.6 Å². The number of rotatable bonds is 3. The average Bonchev–Trinajstić information content (AvgIpc) is 2.35. The van der Waals surface area contributed by atoms with Gasteiger partial charge in [-0.2, -0.15) is 0 Å². The fraction of sp³-hybridized carbons (Fsp3) is 0.533. The number of amides is 1. The van der Waals surface area contributed by atoms with Crippen molar-refractivity contribution < 1.29 is 4.79 Å². The summed E-state index contributed by atoms with van der Waals surface area (Å²) >= 11 is 0. The summed E-state index contributed by atoms with van der Waals surface area (Å²) in [5.74, 6) is 0.129. The first-order valence-electron chi connectivity index (χ1n) is 6.74. The van der Waals surface area contributed by atoms with Crippen molar-refractivity contribution in [3.05, 3.63) is 35.4 Å². The second-order valence-corrected chi connectivity index (χ2v) is 5.16.